The number of nitrogens with zero attached hydrogens (tertiary/aromatic N) is 1. The zero-order chi connectivity index (χ0) is 10.4. The normalized spacial score (nSPS) is 11.6. The minimum Gasteiger partial charge on any atom is -0.197 e. The van der Waals surface area contributed by atoms with Crippen LogP contribution in [-0.4, -0.2) is 17.5 Å². The van der Waals surface area contributed by atoms with E-state index in [1.165, 1.54) is 5.56 Å². The van der Waals surface area contributed by atoms with Gasteiger partial charge in [-0.25, -0.2) is 0 Å². The van der Waals surface area contributed by atoms with Crippen LogP contribution in [0, 0.1) is 0 Å². The second kappa shape index (κ2) is 5.45. The molecule has 14 heavy (non-hydrogen) atoms. The molecule has 0 radical (unpaired) electrons. The van der Waals surface area contributed by atoms with Crippen LogP contribution >= 0.6 is 9.39 Å². The maximum atomic E-state index is 5.81. The first-order chi connectivity index (χ1) is 6.70. The van der Waals surface area contributed by atoms with Gasteiger partial charge in [-0.15, -0.1) is 0 Å². The largest absolute Gasteiger partial charge is 0.197 e. The summed E-state index contributed by atoms with van der Waals surface area (Å²) in [5, 5.41) is 0. The Balaban J connectivity index is 2.48. The number of benzene rings is 1. The van der Waals surface area contributed by atoms with Crippen molar-refractivity contribution in [2.45, 2.75) is 20.5 Å². The van der Waals surface area contributed by atoms with Gasteiger partial charge in [-0.1, -0.05) is 30.3 Å². The quantitative estimate of drug-likeness (QED) is 0.538. The Kier molecular flexibility index (Phi) is 4.53. The number of rotatable bonds is 5. The van der Waals surface area contributed by atoms with Gasteiger partial charge in [0.15, 0.2) is 0 Å². The van der Waals surface area contributed by atoms with Gasteiger partial charge in [0.2, 0.25) is 0 Å². The van der Waals surface area contributed by atoms with E-state index in [0.29, 0.717) is 11.0 Å². The lowest BCUT2D eigenvalue weighted by molar-refractivity contribution is -1.00. The zero-order valence-electron chi connectivity index (χ0n) is 8.94. The highest BCUT2D eigenvalue weighted by molar-refractivity contribution is 7.08. The van der Waals surface area contributed by atoms with Crippen LogP contribution in [-0.2, 0) is 11.4 Å². The molecule has 0 N–H and O–H groups in total. The first-order valence-corrected chi connectivity index (χ1v) is 5.56. The number of quaternary nitrogens is 1. The van der Waals surface area contributed by atoms with Crippen LogP contribution in [0.15, 0.2) is 30.3 Å². The van der Waals surface area contributed by atoms with Crippen LogP contribution < -0.4 is 0 Å². The SMILES string of the molecule is CC[N+](P)(CC)OCc1ccccc1. The van der Waals surface area contributed by atoms with Crippen molar-refractivity contribution in [3.05, 3.63) is 35.9 Å². The lowest BCUT2D eigenvalue weighted by Gasteiger charge is -2.28. The van der Waals surface area contributed by atoms with Crippen LogP contribution in [0.3, 0.4) is 0 Å². The second-order valence-electron chi connectivity index (χ2n) is 3.34. The third-order valence-electron chi connectivity index (χ3n) is 2.40. The molecule has 0 saturated carbocycles. The number of hydrogen-bond donors (Lipinski definition) is 0. The Morgan fingerprint density at radius 3 is 2.21 bits per heavy atom. The fraction of sp³-hybridized carbons (Fsp3) is 0.455. The molecule has 0 aliphatic carbocycles. The molecule has 1 aromatic rings. The molecular weight excluding hydrogens is 193 g/mol. The summed E-state index contributed by atoms with van der Waals surface area (Å²) < 4.78 is 0.592. The summed E-state index contributed by atoms with van der Waals surface area (Å²) >= 11 is 0. The monoisotopic (exact) mass is 212 g/mol. The second-order valence-corrected chi connectivity index (χ2v) is 4.28. The Hall–Kier alpha value is -0.430. The minimum absolute atomic E-state index is 0.592. The summed E-state index contributed by atoms with van der Waals surface area (Å²) in [4.78, 5) is 5.81. The van der Waals surface area contributed by atoms with Gasteiger partial charge >= 0.3 is 0 Å². The molecule has 0 aliphatic rings. The van der Waals surface area contributed by atoms with Crippen molar-refractivity contribution in [3.63, 3.8) is 0 Å². The van der Waals surface area contributed by atoms with Gasteiger partial charge in [-0.05, 0) is 19.4 Å². The molecule has 0 fully saturated rings. The highest BCUT2D eigenvalue weighted by Gasteiger charge is 2.18. The summed E-state index contributed by atoms with van der Waals surface area (Å²) in [6.45, 7) is 6.86. The maximum Gasteiger partial charge on any atom is 0.131 e. The van der Waals surface area contributed by atoms with Crippen LogP contribution in [0.25, 0.3) is 0 Å². The van der Waals surface area contributed by atoms with Crippen molar-refractivity contribution in [1.29, 1.82) is 0 Å². The fourth-order valence-corrected chi connectivity index (χ4v) is 1.26. The summed E-state index contributed by atoms with van der Waals surface area (Å²) in [7, 11) is 2.75. The zero-order valence-corrected chi connectivity index (χ0v) is 10.1. The van der Waals surface area contributed by atoms with E-state index in [-0.39, 0.29) is 0 Å². The lowest BCUT2D eigenvalue weighted by atomic mass is 10.2. The highest BCUT2D eigenvalue weighted by Crippen LogP contribution is 2.17. The van der Waals surface area contributed by atoms with E-state index in [9.17, 15) is 0 Å². The van der Waals surface area contributed by atoms with Crippen LogP contribution in [0.2, 0.25) is 0 Å². The fourth-order valence-electron chi connectivity index (χ4n) is 1.18. The van der Waals surface area contributed by atoms with E-state index in [2.05, 4.69) is 35.4 Å². The van der Waals surface area contributed by atoms with E-state index in [1.54, 1.807) is 0 Å². The average Bonchev–Trinajstić information content (AvgIpc) is 2.27. The van der Waals surface area contributed by atoms with Crippen LogP contribution in [0.5, 0.6) is 0 Å². The Morgan fingerprint density at radius 2 is 1.71 bits per heavy atom. The molecule has 1 unspecified atom stereocenters. The highest BCUT2D eigenvalue weighted by atomic mass is 31.0. The lowest BCUT2D eigenvalue weighted by Crippen LogP contribution is -2.36. The molecule has 0 amide bonds. The smallest absolute Gasteiger partial charge is 0.131 e. The van der Waals surface area contributed by atoms with E-state index in [1.807, 2.05) is 18.2 Å². The molecule has 0 heterocycles. The molecule has 0 bridgehead atoms. The van der Waals surface area contributed by atoms with Crippen molar-refractivity contribution in [3.8, 4) is 0 Å². The molecule has 78 valence electrons. The summed E-state index contributed by atoms with van der Waals surface area (Å²) in [5.74, 6) is 0. The first kappa shape index (κ1) is 11.6. The van der Waals surface area contributed by atoms with Gasteiger partial charge in [-0.2, -0.15) is 9.25 Å². The Bertz CT molecular complexity index is 259. The molecule has 0 saturated heterocycles. The molecule has 1 aromatic carbocycles. The van der Waals surface area contributed by atoms with Crippen molar-refractivity contribution in [2.75, 3.05) is 13.1 Å². The minimum atomic E-state index is 0.592. The topological polar surface area (TPSA) is 9.23 Å². The van der Waals surface area contributed by atoms with Gasteiger partial charge < -0.3 is 0 Å². The molecule has 0 aromatic heterocycles. The van der Waals surface area contributed by atoms with E-state index in [4.69, 9.17) is 4.84 Å². The van der Waals surface area contributed by atoms with Crippen molar-refractivity contribution < 1.29 is 9.25 Å². The third-order valence-corrected chi connectivity index (χ3v) is 3.28. The van der Waals surface area contributed by atoms with Gasteiger partial charge in [0, 0.05) is 0 Å². The molecule has 1 atom stereocenters. The van der Waals surface area contributed by atoms with Gasteiger partial charge in [0.05, 0.1) is 0 Å². The molecule has 3 heteroatoms. The summed E-state index contributed by atoms with van der Waals surface area (Å²) in [5.41, 5.74) is 1.22. The Morgan fingerprint density at radius 1 is 1.14 bits per heavy atom. The van der Waals surface area contributed by atoms with E-state index < -0.39 is 0 Å². The van der Waals surface area contributed by atoms with Crippen LogP contribution in [0.4, 0.5) is 0 Å². The average molecular weight is 212 g/mol. The van der Waals surface area contributed by atoms with Crippen molar-refractivity contribution in [2.24, 2.45) is 0 Å². The Labute approximate surface area is 88.7 Å². The molecule has 0 aliphatic heterocycles. The van der Waals surface area contributed by atoms with Gasteiger partial charge in [-0.3, -0.25) is 0 Å². The molecule has 2 nitrogen and oxygen atoms in total. The summed E-state index contributed by atoms with van der Waals surface area (Å²) in [6, 6.07) is 10.3. The van der Waals surface area contributed by atoms with Gasteiger partial charge in [0.1, 0.15) is 29.1 Å². The maximum absolute atomic E-state index is 5.81. The predicted octanol–water partition coefficient (Wildman–Crippen LogP) is 2.76. The molecule has 1 rings (SSSR count). The standard InChI is InChI=1S/C11H19NOP/c1-3-12(14,4-2)13-10-11-8-6-5-7-9-11/h5-9H,3-4,10,14H2,1-2H3/q+1. The van der Waals surface area contributed by atoms with Gasteiger partial charge in [0.25, 0.3) is 0 Å². The number of hydrogen-bond acceptors (Lipinski definition) is 1. The third kappa shape index (κ3) is 3.38. The molecule has 0 spiro atoms. The van der Waals surface area contributed by atoms with E-state index in [0.717, 1.165) is 13.1 Å². The van der Waals surface area contributed by atoms with Crippen LogP contribution in [0.1, 0.15) is 19.4 Å². The van der Waals surface area contributed by atoms with Crippen molar-refractivity contribution >= 4 is 9.39 Å². The summed E-state index contributed by atoms with van der Waals surface area (Å²) in [6.07, 6.45) is 0. The van der Waals surface area contributed by atoms with Crippen molar-refractivity contribution in [1.82, 2.24) is 0 Å². The first-order valence-electron chi connectivity index (χ1n) is 5.04. The number of hydroxylamine groups is 2. The molecular formula is C11H19NOP+. The van der Waals surface area contributed by atoms with E-state index >= 15 is 0 Å². The predicted molar refractivity (Wildman–Crippen MR) is 62.3 cm³/mol.